The smallest absolute Gasteiger partial charge is 0.270 e. The Bertz CT molecular complexity index is 996. The molecular weight excluding hydrogens is 382 g/mol. The SMILES string of the molecule is Cc1nc2c(OCC3CCCCO3)cccn2c1C(=O)N[C@@H](CO)c1ccccc1. The number of aliphatic hydroxyl groups is 1. The van der Waals surface area contributed by atoms with Crippen LogP contribution in [-0.2, 0) is 4.74 Å². The van der Waals surface area contributed by atoms with E-state index in [1.807, 2.05) is 42.5 Å². The number of hydrogen-bond donors (Lipinski definition) is 2. The molecule has 3 aromatic rings. The van der Waals surface area contributed by atoms with Crippen molar-refractivity contribution >= 4 is 11.6 Å². The van der Waals surface area contributed by atoms with E-state index in [2.05, 4.69) is 10.3 Å². The monoisotopic (exact) mass is 409 g/mol. The van der Waals surface area contributed by atoms with Crippen molar-refractivity contribution in [1.29, 1.82) is 0 Å². The molecule has 7 heteroatoms. The lowest BCUT2D eigenvalue weighted by molar-refractivity contribution is -0.0108. The van der Waals surface area contributed by atoms with Crippen molar-refractivity contribution in [2.75, 3.05) is 19.8 Å². The number of hydrogen-bond acceptors (Lipinski definition) is 5. The van der Waals surface area contributed by atoms with Crippen molar-refractivity contribution in [3.05, 3.63) is 65.6 Å². The van der Waals surface area contributed by atoms with Crippen LogP contribution in [0.3, 0.4) is 0 Å². The number of amides is 1. The summed E-state index contributed by atoms with van der Waals surface area (Å²) in [4.78, 5) is 17.6. The first-order valence-electron chi connectivity index (χ1n) is 10.4. The maximum atomic E-state index is 13.1. The molecule has 0 spiro atoms. The molecule has 30 heavy (non-hydrogen) atoms. The third kappa shape index (κ3) is 4.32. The van der Waals surface area contributed by atoms with Gasteiger partial charge < -0.3 is 19.9 Å². The topological polar surface area (TPSA) is 85.1 Å². The van der Waals surface area contributed by atoms with Crippen molar-refractivity contribution in [1.82, 2.24) is 14.7 Å². The number of aryl methyl sites for hydroxylation is 1. The van der Waals surface area contributed by atoms with E-state index in [9.17, 15) is 9.90 Å². The molecule has 2 atom stereocenters. The Morgan fingerprint density at radius 3 is 2.87 bits per heavy atom. The third-order valence-electron chi connectivity index (χ3n) is 5.39. The van der Waals surface area contributed by atoms with Crippen LogP contribution in [0.25, 0.3) is 5.65 Å². The van der Waals surface area contributed by atoms with Crippen molar-refractivity contribution in [2.45, 2.75) is 38.3 Å². The molecule has 1 aromatic carbocycles. The van der Waals surface area contributed by atoms with Crippen LogP contribution >= 0.6 is 0 Å². The number of ether oxygens (including phenoxy) is 2. The van der Waals surface area contributed by atoms with Crippen LogP contribution in [-0.4, -0.2) is 46.3 Å². The molecule has 1 unspecified atom stereocenters. The van der Waals surface area contributed by atoms with Gasteiger partial charge in [0.15, 0.2) is 11.4 Å². The number of benzene rings is 1. The first kappa shape index (κ1) is 20.4. The van der Waals surface area contributed by atoms with Gasteiger partial charge in [0.2, 0.25) is 0 Å². The Balaban J connectivity index is 1.55. The normalized spacial score (nSPS) is 17.6. The molecule has 2 N–H and O–H groups in total. The van der Waals surface area contributed by atoms with E-state index in [1.54, 1.807) is 17.5 Å². The van der Waals surface area contributed by atoms with Crippen molar-refractivity contribution in [3.63, 3.8) is 0 Å². The highest BCUT2D eigenvalue weighted by Crippen LogP contribution is 2.24. The molecule has 158 valence electrons. The van der Waals surface area contributed by atoms with E-state index in [1.165, 1.54) is 0 Å². The van der Waals surface area contributed by atoms with Crippen LogP contribution in [0.4, 0.5) is 0 Å². The average Bonchev–Trinajstić information content (AvgIpc) is 3.13. The summed E-state index contributed by atoms with van der Waals surface area (Å²) in [6.07, 6.45) is 5.13. The lowest BCUT2D eigenvalue weighted by Gasteiger charge is -2.22. The summed E-state index contributed by atoms with van der Waals surface area (Å²) in [5, 5.41) is 12.7. The molecule has 1 aliphatic heterocycles. The van der Waals surface area contributed by atoms with Gasteiger partial charge in [-0.15, -0.1) is 0 Å². The van der Waals surface area contributed by atoms with Gasteiger partial charge in [0.05, 0.1) is 24.4 Å². The number of pyridine rings is 1. The van der Waals surface area contributed by atoms with E-state index < -0.39 is 6.04 Å². The minimum atomic E-state index is -0.494. The zero-order valence-corrected chi connectivity index (χ0v) is 17.1. The van der Waals surface area contributed by atoms with E-state index in [0.29, 0.717) is 29.4 Å². The molecule has 1 aliphatic rings. The van der Waals surface area contributed by atoms with Crippen molar-refractivity contribution in [3.8, 4) is 5.75 Å². The van der Waals surface area contributed by atoms with Crippen LogP contribution in [0.5, 0.6) is 5.75 Å². The minimum absolute atomic E-state index is 0.0917. The fourth-order valence-corrected chi connectivity index (χ4v) is 3.81. The van der Waals surface area contributed by atoms with Gasteiger partial charge in [-0.1, -0.05) is 30.3 Å². The van der Waals surface area contributed by atoms with Gasteiger partial charge in [0.1, 0.15) is 12.3 Å². The van der Waals surface area contributed by atoms with E-state index >= 15 is 0 Å². The van der Waals surface area contributed by atoms with Gasteiger partial charge in [0.25, 0.3) is 5.91 Å². The summed E-state index contributed by atoms with van der Waals surface area (Å²) in [7, 11) is 0. The predicted molar refractivity (Wildman–Crippen MR) is 113 cm³/mol. The van der Waals surface area contributed by atoms with E-state index in [0.717, 1.165) is 31.4 Å². The number of rotatable bonds is 7. The summed E-state index contributed by atoms with van der Waals surface area (Å²) in [6, 6.07) is 12.6. The number of fused-ring (bicyclic) bond motifs is 1. The molecule has 4 rings (SSSR count). The summed E-state index contributed by atoms with van der Waals surface area (Å²) in [5.41, 5.74) is 2.47. The molecule has 0 bridgehead atoms. The second-order valence-electron chi connectivity index (χ2n) is 7.53. The van der Waals surface area contributed by atoms with E-state index in [4.69, 9.17) is 9.47 Å². The number of aliphatic hydroxyl groups excluding tert-OH is 1. The molecule has 0 saturated carbocycles. The zero-order chi connectivity index (χ0) is 20.9. The second kappa shape index (κ2) is 9.28. The van der Waals surface area contributed by atoms with Crippen LogP contribution < -0.4 is 10.1 Å². The maximum absolute atomic E-state index is 13.1. The number of carbonyl (C=O) groups excluding carboxylic acids is 1. The van der Waals surface area contributed by atoms with Crippen molar-refractivity contribution in [2.24, 2.45) is 0 Å². The molecule has 1 saturated heterocycles. The number of aromatic nitrogens is 2. The minimum Gasteiger partial charge on any atom is -0.487 e. The lowest BCUT2D eigenvalue weighted by Crippen LogP contribution is -2.32. The molecule has 7 nitrogen and oxygen atoms in total. The van der Waals surface area contributed by atoms with Crippen LogP contribution in [0.15, 0.2) is 48.7 Å². The van der Waals surface area contributed by atoms with Crippen LogP contribution in [0.2, 0.25) is 0 Å². The molecule has 0 radical (unpaired) electrons. The molecule has 0 aliphatic carbocycles. The quantitative estimate of drug-likeness (QED) is 0.627. The van der Waals surface area contributed by atoms with Crippen LogP contribution in [0, 0.1) is 6.92 Å². The number of carbonyl (C=O) groups is 1. The molecule has 1 fully saturated rings. The first-order chi connectivity index (χ1) is 14.7. The number of nitrogens with zero attached hydrogens (tertiary/aromatic N) is 2. The highest BCUT2D eigenvalue weighted by molar-refractivity contribution is 5.95. The Hall–Kier alpha value is -2.90. The van der Waals surface area contributed by atoms with Gasteiger partial charge in [-0.3, -0.25) is 9.20 Å². The Morgan fingerprint density at radius 1 is 1.30 bits per heavy atom. The van der Waals surface area contributed by atoms with Gasteiger partial charge in [-0.2, -0.15) is 0 Å². The zero-order valence-electron chi connectivity index (χ0n) is 17.1. The number of imidazole rings is 1. The third-order valence-corrected chi connectivity index (χ3v) is 5.39. The lowest BCUT2D eigenvalue weighted by atomic mass is 10.1. The summed E-state index contributed by atoms with van der Waals surface area (Å²) >= 11 is 0. The summed E-state index contributed by atoms with van der Waals surface area (Å²) in [5.74, 6) is 0.325. The van der Waals surface area contributed by atoms with Crippen LogP contribution in [0.1, 0.15) is 47.1 Å². The largest absolute Gasteiger partial charge is 0.487 e. The molecule has 1 amide bonds. The molecule has 3 heterocycles. The fraction of sp³-hybridized carbons (Fsp3) is 0.391. The summed E-state index contributed by atoms with van der Waals surface area (Å²) in [6.45, 7) is 2.85. The first-order valence-corrected chi connectivity index (χ1v) is 10.4. The van der Waals surface area contributed by atoms with E-state index in [-0.39, 0.29) is 18.6 Å². The van der Waals surface area contributed by atoms with Crippen molar-refractivity contribution < 1.29 is 19.4 Å². The second-order valence-corrected chi connectivity index (χ2v) is 7.53. The van der Waals surface area contributed by atoms with Gasteiger partial charge >= 0.3 is 0 Å². The predicted octanol–water partition coefficient (Wildman–Crippen LogP) is 3.05. The highest BCUT2D eigenvalue weighted by Gasteiger charge is 2.22. The highest BCUT2D eigenvalue weighted by atomic mass is 16.5. The summed E-state index contributed by atoms with van der Waals surface area (Å²) < 4.78 is 13.5. The fourth-order valence-electron chi connectivity index (χ4n) is 3.81. The molecular formula is C23H27N3O4. The Morgan fingerprint density at radius 2 is 2.13 bits per heavy atom. The molecule has 2 aromatic heterocycles. The van der Waals surface area contributed by atoms with Gasteiger partial charge in [-0.05, 0) is 43.9 Å². The number of nitrogens with one attached hydrogen (secondary N) is 1. The maximum Gasteiger partial charge on any atom is 0.270 e. The Kier molecular flexibility index (Phi) is 6.30. The van der Waals surface area contributed by atoms with Gasteiger partial charge in [-0.25, -0.2) is 4.98 Å². The Labute approximate surface area is 175 Å². The average molecular weight is 409 g/mol. The standard InChI is InChI=1S/C23H27N3O4/c1-16-21(23(28)25-19(14-27)17-8-3-2-4-9-17)26-12-7-11-20(22(26)24-16)30-15-18-10-5-6-13-29-18/h2-4,7-9,11-12,18-19,27H,5-6,10,13-15H2,1H3,(H,25,28)/t18?,19-/m0/s1. The van der Waals surface area contributed by atoms with Gasteiger partial charge in [0, 0.05) is 12.8 Å².